The molecule has 0 bridgehead atoms. The van der Waals surface area contributed by atoms with Gasteiger partial charge in [0.05, 0.1) is 20.3 Å². The molecule has 0 aliphatic carbocycles. The number of nitrogens with one attached hydrogen (secondary N) is 2. The number of hydrogen-bond acceptors (Lipinski definition) is 4. The highest BCUT2D eigenvalue weighted by Crippen LogP contribution is 2.29. The fourth-order valence-corrected chi connectivity index (χ4v) is 1.96. The Morgan fingerprint density at radius 3 is 2.33 bits per heavy atom. The summed E-state index contributed by atoms with van der Waals surface area (Å²) in [6.45, 7) is 4.50. The van der Waals surface area contributed by atoms with Crippen LogP contribution < -0.4 is 20.1 Å². The summed E-state index contributed by atoms with van der Waals surface area (Å²) in [5, 5.41) is 5.99. The number of benzene rings is 1. The summed E-state index contributed by atoms with van der Waals surface area (Å²) in [7, 11) is 5.03. The van der Waals surface area contributed by atoms with Crippen molar-refractivity contribution in [2.75, 3.05) is 27.8 Å². The number of ether oxygens (including phenoxy) is 2. The highest BCUT2D eigenvalue weighted by molar-refractivity contribution is 5.85. The van der Waals surface area contributed by atoms with Crippen molar-refractivity contribution in [2.24, 2.45) is 5.92 Å². The van der Waals surface area contributed by atoms with Gasteiger partial charge in [-0.1, -0.05) is 13.0 Å². The van der Waals surface area contributed by atoms with Crippen LogP contribution in [0.2, 0.25) is 0 Å². The average molecular weight is 317 g/mol. The number of hydrogen-bond donors (Lipinski definition) is 2. The predicted octanol–water partition coefficient (Wildman–Crippen LogP) is 2.16. The van der Waals surface area contributed by atoms with Crippen molar-refractivity contribution in [1.29, 1.82) is 0 Å². The molecule has 0 saturated carbocycles. The maximum atomic E-state index is 12.0. The lowest BCUT2D eigenvalue weighted by atomic mass is 10.1. The summed E-state index contributed by atoms with van der Waals surface area (Å²) in [6, 6.07) is 5.57. The van der Waals surface area contributed by atoms with Crippen molar-refractivity contribution >= 4 is 18.3 Å². The van der Waals surface area contributed by atoms with Gasteiger partial charge in [-0.25, -0.2) is 0 Å². The molecule has 0 aromatic heterocycles. The number of methoxy groups -OCH3 is 2. The molecule has 2 N–H and O–H groups in total. The van der Waals surface area contributed by atoms with Crippen molar-refractivity contribution in [2.45, 2.75) is 19.9 Å². The van der Waals surface area contributed by atoms with Gasteiger partial charge in [0, 0.05) is 12.5 Å². The minimum absolute atomic E-state index is 0. The molecular formula is C15H25ClN2O3. The summed E-state index contributed by atoms with van der Waals surface area (Å²) in [5.41, 5.74) is 0.979. The summed E-state index contributed by atoms with van der Waals surface area (Å²) >= 11 is 0. The lowest BCUT2D eigenvalue weighted by Crippen LogP contribution is -2.35. The van der Waals surface area contributed by atoms with Crippen LogP contribution in [0.25, 0.3) is 0 Å². The van der Waals surface area contributed by atoms with Gasteiger partial charge in [-0.05, 0) is 31.7 Å². The highest BCUT2D eigenvalue weighted by atomic mass is 35.5. The van der Waals surface area contributed by atoms with Crippen LogP contribution in [-0.4, -0.2) is 33.7 Å². The zero-order valence-corrected chi connectivity index (χ0v) is 14.0. The van der Waals surface area contributed by atoms with Crippen LogP contribution in [0.1, 0.15) is 25.5 Å². The molecule has 0 aliphatic rings. The van der Waals surface area contributed by atoms with Crippen LogP contribution in [0.15, 0.2) is 18.2 Å². The van der Waals surface area contributed by atoms with Crippen LogP contribution >= 0.6 is 12.4 Å². The van der Waals surface area contributed by atoms with Crippen LogP contribution in [0, 0.1) is 5.92 Å². The van der Waals surface area contributed by atoms with E-state index in [1.165, 1.54) is 0 Å². The lowest BCUT2D eigenvalue weighted by Gasteiger charge is -2.19. The summed E-state index contributed by atoms with van der Waals surface area (Å²) in [5.74, 6) is 1.30. The standard InChI is InChI=1S/C15H24N2O3.ClH/c1-10(9-16-3)15(18)17-11(2)12-6-7-13(19-4)14(8-12)20-5;/h6-8,10-11,16H,9H2,1-5H3,(H,17,18);1H. The third kappa shape index (κ3) is 5.44. The van der Waals surface area contributed by atoms with E-state index in [-0.39, 0.29) is 30.3 Å². The van der Waals surface area contributed by atoms with Crippen molar-refractivity contribution in [1.82, 2.24) is 10.6 Å². The normalized spacial score (nSPS) is 12.8. The second-order valence-electron chi connectivity index (χ2n) is 4.80. The molecule has 0 spiro atoms. The molecule has 0 aliphatic heterocycles. The Kier molecular flexibility index (Phi) is 8.81. The van der Waals surface area contributed by atoms with E-state index in [4.69, 9.17) is 9.47 Å². The van der Waals surface area contributed by atoms with E-state index in [9.17, 15) is 4.79 Å². The topological polar surface area (TPSA) is 59.6 Å². The molecule has 1 aromatic carbocycles. The Balaban J connectivity index is 0.00000400. The molecule has 1 amide bonds. The molecule has 6 heteroatoms. The first-order valence-electron chi connectivity index (χ1n) is 6.70. The molecule has 21 heavy (non-hydrogen) atoms. The average Bonchev–Trinajstić information content (AvgIpc) is 2.46. The second-order valence-corrected chi connectivity index (χ2v) is 4.80. The van der Waals surface area contributed by atoms with E-state index in [0.29, 0.717) is 18.0 Å². The van der Waals surface area contributed by atoms with Crippen molar-refractivity contribution in [3.8, 4) is 11.5 Å². The first-order valence-corrected chi connectivity index (χ1v) is 6.70. The molecule has 0 heterocycles. The summed E-state index contributed by atoms with van der Waals surface area (Å²) in [6.07, 6.45) is 0. The Bertz CT molecular complexity index is 455. The number of rotatable bonds is 7. The van der Waals surface area contributed by atoms with Crippen LogP contribution in [0.3, 0.4) is 0 Å². The van der Waals surface area contributed by atoms with E-state index >= 15 is 0 Å². The molecule has 0 saturated heterocycles. The quantitative estimate of drug-likeness (QED) is 0.809. The van der Waals surface area contributed by atoms with Crippen molar-refractivity contribution in [3.63, 3.8) is 0 Å². The molecule has 2 atom stereocenters. The van der Waals surface area contributed by atoms with E-state index in [1.54, 1.807) is 14.2 Å². The van der Waals surface area contributed by atoms with Gasteiger partial charge >= 0.3 is 0 Å². The number of amides is 1. The number of carbonyl (C=O) groups excluding carboxylic acids is 1. The van der Waals surface area contributed by atoms with Crippen LogP contribution in [-0.2, 0) is 4.79 Å². The minimum Gasteiger partial charge on any atom is -0.493 e. The SMILES string of the molecule is CNCC(C)C(=O)NC(C)c1ccc(OC)c(OC)c1.Cl. The Morgan fingerprint density at radius 1 is 1.19 bits per heavy atom. The molecule has 5 nitrogen and oxygen atoms in total. The Labute approximate surface area is 132 Å². The third-order valence-electron chi connectivity index (χ3n) is 3.22. The lowest BCUT2D eigenvalue weighted by molar-refractivity contribution is -0.125. The molecule has 1 rings (SSSR count). The van der Waals surface area contributed by atoms with E-state index in [2.05, 4.69) is 10.6 Å². The number of halogens is 1. The van der Waals surface area contributed by atoms with Gasteiger partial charge in [0.2, 0.25) is 5.91 Å². The highest BCUT2D eigenvalue weighted by Gasteiger charge is 2.16. The minimum atomic E-state index is -0.0818. The third-order valence-corrected chi connectivity index (χ3v) is 3.22. The van der Waals surface area contributed by atoms with E-state index < -0.39 is 0 Å². The first-order chi connectivity index (χ1) is 9.53. The molecule has 1 aromatic rings. The monoisotopic (exact) mass is 316 g/mol. The van der Waals surface area contributed by atoms with Gasteiger partial charge in [-0.15, -0.1) is 12.4 Å². The molecule has 2 unspecified atom stereocenters. The fraction of sp³-hybridized carbons (Fsp3) is 0.533. The molecule has 0 radical (unpaired) electrons. The Morgan fingerprint density at radius 2 is 1.81 bits per heavy atom. The second kappa shape index (κ2) is 9.47. The van der Waals surface area contributed by atoms with Gasteiger partial charge in [-0.3, -0.25) is 4.79 Å². The number of carbonyl (C=O) groups is 1. The zero-order chi connectivity index (χ0) is 15.1. The predicted molar refractivity (Wildman–Crippen MR) is 86.4 cm³/mol. The van der Waals surface area contributed by atoms with Gasteiger partial charge in [0.15, 0.2) is 11.5 Å². The van der Waals surface area contributed by atoms with Crippen LogP contribution in [0.5, 0.6) is 11.5 Å². The van der Waals surface area contributed by atoms with E-state index in [1.807, 2.05) is 39.1 Å². The summed E-state index contributed by atoms with van der Waals surface area (Å²) in [4.78, 5) is 12.0. The summed E-state index contributed by atoms with van der Waals surface area (Å²) < 4.78 is 10.5. The zero-order valence-electron chi connectivity index (χ0n) is 13.2. The largest absolute Gasteiger partial charge is 0.493 e. The smallest absolute Gasteiger partial charge is 0.224 e. The maximum Gasteiger partial charge on any atom is 0.224 e. The molecule has 0 fully saturated rings. The first kappa shape index (κ1) is 19.5. The molecular weight excluding hydrogens is 292 g/mol. The van der Waals surface area contributed by atoms with Gasteiger partial charge < -0.3 is 20.1 Å². The maximum absolute atomic E-state index is 12.0. The van der Waals surface area contributed by atoms with Crippen molar-refractivity contribution < 1.29 is 14.3 Å². The van der Waals surface area contributed by atoms with Crippen molar-refractivity contribution in [3.05, 3.63) is 23.8 Å². The fourth-order valence-electron chi connectivity index (χ4n) is 1.96. The van der Waals surface area contributed by atoms with E-state index in [0.717, 1.165) is 5.56 Å². The Hall–Kier alpha value is -1.46. The van der Waals surface area contributed by atoms with Gasteiger partial charge in [0.25, 0.3) is 0 Å². The van der Waals surface area contributed by atoms with Gasteiger partial charge in [0.1, 0.15) is 0 Å². The molecule has 120 valence electrons. The van der Waals surface area contributed by atoms with Gasteiger partial charge in [-0.2, -0.15) is 0 Å². The van der Waals surface area contributed by atoms with Crippen LogP contribution in [0.4, 0.5) is 0 Å².